The molecule has 3 aliphatic rings. The Morgan fingerprint density at radius 2 is 1.90 bits per heavy atom. The first kappa shape index (κ1) is 33.6. The molecular weight excluding hydrogens is 668 g/mol. The molecule has 3 aliphatic heterocycles. The van der Waals surface area contributed by atoms with Crippen molar-refractivity contribution in [2.75, 3.05) is 57.3 Å². The zero-order valence-electron chi connectivity index (χ0n) is 26.8. The van der Waals surface area contributed by atoms with Gasteiger partial charge in [0.2, 0.25) is 10.0 Å². The van der Waals surface area contributed by atoms with E-state index in [1.54, 1.807) is 0 Å². The number of nitrogens with two attached hydrogens (primary N) is 1. The lowest BCUT2D eigenvalue weighted by Crippen LogP contribution is -2.43. The minimum Gasteiger partial charge on any atom is -0.468 e. The van der Waals surface area contributed by atoms with Crippen molar-refractivity contribution < 1.29 is 40.2 Å². The lowest BCUT2D eigenvalue weighted by molar-refractivity contribution is 0.0512. The van der Waals surface area contributed by atoms with Crippen LogP contribution < -0.4 is 19.5 Å². The van der Waals surface area contributed by atoms with Gasteiger partial charge in [0.05, 0.1) is 16.7 Å². The molecule has 4 aromatic rings. The summed E-state index contributed by atoms with van der Waals surface area (Å²) >= 11 is 0. The van der Waals surface area contributed by atoms with Crippen molar-refractivity contribution in [3.8, 4) is 23.0 Å². The van der Waals surface area contributed by atoms with Crippen LogP contribution in [0.1, 0.15) is 32.1 Å². The Labute approximate surface area is 280 Å². The molecule has 11 nitrogen and oxygen atoms in total. The number of pyridine rings is 1. The number of fused-ring (bicyclic) bond motifs is 3. The number of halogens is 4. The molecule has 0 radical (unpaired) electrons. The molecule has 0 spiro atoms. The van der Waals surface area contributed by atoms with Crippen LogP contribution in [0.15, 0.2) is 30.5 Å². The number of primary sulfonamides is 1. The maximum Gasteiger partial charge on any atom is 0.319 e. The number of hydrogen-bond acceptors (Lipinski definition) is 10. The molecule has 3 fully saturated rings. The van der Waals surface area contributed by atoms with E-state index in [1.165, 1.54) is 31.5 Å². The highest BCUT2D eigenvalue weighted by Crippen LogP contribution is 2.42. The number of sulfonamides is 1. The molecular formula is C33H36F4N6O5S. The minimum atomic E-state index is -3.76. The third-order valence-corrected chi connectivity index (χ3v) is 10.7. The van der Waals surface area contributed by atoms with Gasteiger partial charge in [0.15, 0.2) is 24.2 Å². The van der Waals surface area contributed by atoms with Crippen LogP contribution in [0.5, 0.6) is 11.8 Å². The standard InChI is InChI=1S/C33H36F4N6O5S/c1-46-18-48-22-10-20-5-6-25(35)27(36)26(20)23(11-22)29-28(37)30-24(13-39-29)31(42-8-2-4-19(14-42)16-49(38,44)45)41-32(40-30)47-17-33-7-3-9-43(33)15-21(34)12-33/h5-6,10-11,13,19,21H,2-4,7-9,12,14-18H2,1H3,(H2,38,44,45)/t19?,21-,33+/m1/s1. The normalized spacial score (nSPS) is 23.0. The first-order valence-electron chi connectivity index (χ1n) is 16.1. The molecule has 5 heterocycles. The summed E-state index contributed by atoms with van der Waals surface area (Å²) in [4.78, 5) is 17.4. The van der Waals surface area contributed by atoms with E-state index in [-0.39, 0.29) is 82.1 Å². The minimum absolute atomic E-state index is 0.0748. The number of methoxy groups -OCH3 is 1. The SMILES string of the molecule is COCOc1cc(-c2ncc3c(N4CCCC(CS(N)(=O)=O)C4)nc(OC[C@@]45CCCN4C[C@H](F)C5)nc3c2F)c2c(F)c(F)ccc2c1. The number of benzene rings is 2. The van der Waals surface area contributed by atoms with E-state index in [2.05, 4.69) is 19.9 Å². The van der Waals surface area contributed by atoms with Gasteiger partial charge in [-0.1, -0.05) is 6.07 Å². The van der Waals surface area contributed by atoms with E-state index in [4.69, 9.17) is 19.3 Å². The summed E-state index contributed by atoms with van der Waals surface area (Å²) in [6.45, 7) is 1.73. The van der Waals surface area contributed by atoms with Crippen LogP contribution >= 0.6 is 0 Å². The second-order valence-electron chi connectivity index (χ2n) is 13.1. The Bertz CT molecular complexity index is 2020. The number of anilines is 1. The highest BCUT2D eigenvalue weighted by Gasteiger charge is 2.49. The Morgan fingerprint density at radius 1 is 1.06 bits per heavy atom. The van der Waals surface area contributed by atoms with E-state index < -0.39 is 39.2 Å². The number of aromatic nitrogens is 3. The van der Waals surface area contributed by atoms with E-state index in [1.807, 2.05) is 4.90 Å². The van der Waals surface area contributed by atoms with Gasteiger partial charge >= 0.3 is 6.01 Å². The number of rotatable bonds is 10. The molecule has 2 N–H and O–H groups in total. The fraction of sp³-hybridized carbons (Fsp3) is 0.485. The summed E-state index contributed by atoms with van der Waals surface area (Å²) in [5, 5.41) is 5.60. The van der Waals surface area contributed by atoms with Crippen LogP contribution in [0.3, 0.4) is 0 Å². The Kier molecular flexibility index (Phi) is 9.00. The first-order valence-corrected chi connectivity index (χ1v) is 17.8. The third-order valence-electron chi connectivity index (χ3n) is 9.74. The zero-order valence-corrected chi connectivity index (χ0v) is 27.6. The second kappa shape index (κ2) is 13.1. The van der Waals surface area contributed by atoms with Gasteiger partial charge in [-0.2, -0.15) is 9.97 Å². The number of piperidine rings is 1. The lowest BCUT2D eigenvalue weighted by atomic mass is 9.95. The second-order valence-corrected chi connectivity index (χ2v) is 14.8. The van der Waals surface area contributed by atoms with Crippen molar-refractivity contribution in [3.63, 3.8) is 0 Å². The fourth-order valence-corrected chi connectivity index (χ4v) is 8.58. The molecule has 0 saturated carbocycles. The summed E-state index contributed by atoms with van der Waals surface area (Å²) in [5.41, 5.74) is -1.12. The number of nitrogens with zero attached hydrogens (tertiary/aromatic N) is 5. The van der Waals surface area contributed by atoms with Crippen LogP contribution in [-0.4, -0.2) is 92.4 Å². The highest BCUT2D eigenvalue weighted by atomic mass is 32.2. The van der Waals surface area contributed by atoms with Crippen LogP contribution in [-0.2, 0) is 14.8 Å². The molecule has 1 unspecified atom stereocenters. The molecule has 3 atom stereocenters. The van der Waals surface area contributed by atoms with E-state index >= 15 is 8.78 Å². The number of ether oxygens (including phenoxy) is 3. The van der Waals surface area contributed by atoms with Gasteiger partial charge in [-0.15, -0.1) is 0 Å². The molecule has 0 aliphatic carbocycles. The molecule has 16 heteroatoms. The smallest absolute Gasteiger partial charge is 0.319 e. The van der Waals surface area contributed by atoms with Gasteiger partial charge in [0.25, 0.3) is 0 Å². The van der Waals surface area contributed by atoms with Crippen LogP contribution in [0.2, 0.25) is 0 Å². The lowest BCUT2D eigenvalue weighted by Gasteiger charge is -2.34. The van der Waals surface area contributed by atoms with E-state index in [0.717, 1.165) is 25.5 Å². The van der Waals surface area contributed by atoms with Crippen LogP contribution in [0, 0.1) is 23.4 Å². The molecule has 262 valence electrons. The van der Waals surface area contributed by atoms with Gasteiger partial charge in [-0.25, -0.2) is 31.1 Å². The van der Waals surface area contributed by atoms with Gasteiger partial charge in [0.1, 0.15) is 35.6 Å². The maximum absolute atomic E-state index is 16.9. The van der Waals surface area contributed by atoms with Gasteiger partial charge in [-0.05, 0) is 61.7 Å². The Balaban J connectivity index is 1.36. The van der Waals surface area contributed by atoms with Crippen molar-refractivity contribution in [2.24, 2.45) is 11.1 Å². The topological polar surface area (TPSA) is 133 Å². The van der Waals surface area contributed by atoms with Crippen molar-refractivity contribution in [1.82, 2.24) is 19.9 Å². The van der Waals surface area contributed by atoms with Crippen molar-refractivity contribution in [2.45, 2.75) is 43.8 Å². The predicted molar refractivity (Wildman–Crippen MR) is 174 cm³/mol. The zero-order chi connectivity index (χ0) is 34.5. The molecule has 0 amide bonds. The first-order chi connectivity index (χ1) is 23.4. The Hall–Kier alpha value is -3.86. The number of alkyl halides is 1. The monoisotopic (exact) mass is 704 g/mol. The summed E-state index contributed by atoms with van der Waals surface area (Å²) in [5.74, 6) is -3.30. The molecule has 7 rings (SSSR count). The van der Waals surface area contributed by atoms with Crippen LogP contribution in [0.4, 0.5) is 23.4 Å². The van der Waals surface area contributed by atoms with E-state index in [9.17, 15) is 17.2 Å². The Morgan fingerprint density at radius 3 is 2.69 bits per heavy atom. The predicted octanol–water partition coefficient (Wildman–Crippen LogP) is 4.71. The molecule has 49 heavy (non-hydrogen) atoms. The van der Waals surface area contributed by atoms with Crippen LogP contribution in [0.25, 0.3) is 32.9 Å². The fourth-order valence-electron chi connectivity index (χ4n) is 7.65. The quantitative estimate of drug-likeness (QED) is 0.183. The largest absolute Gasteiger partial charge is 0.468 e. The molecule has 3 saturated heterocycles. The van der Waals surface area contributed by atoms with Crippen molar-refractivity contribution in [3.05, 3.63) is 47.9 Å². The molecule has 2 aromatic heterocycles. The summed E-state index contributed by atoms with van der Waals surface area (Å²) < 4.78 is 102. The van der Waals surface area contributed by atoms with Gasteiger partial charge < -0.3 is 19.1 Å². The highest BCUT2D eigenvalue weighted by molar-refractivity contribution is 7.89. The molecule has 0 bridgehead atoms. The summed E-state index contributed by atoms with van der Waals surface area (Å²) in [6, 6.07) is 5.00. The van der Waals surface area contributed by atoms with E-state index in [0.29, 0.717) is 32.4 Å². The van der Waals surface area contributed by atoms with Crippen molar-refractivity contribution >= 4 is 37.5 Å². The summed E-state index contributed by atoms with van der Waals surface area (Å²) in [6.07, 6.45) is 3.52. The average molecular weight is 705 g/mol. The number of hydrogen-bond donors (Lipinski definition) is 1. The maximum atomic E-state index is 16.9. The molecule has 2 aromatic carbocycles. The van der Waals surface area contributed by atoms with Gasteiger partial charge in [-0.3, -0.25) is 9.88 Å². The van der Waals surface area contributed by atoms with Gasteiger partial charge in [0, 0.05) is 50.3 Å². The van der Waals surface area contributed by atoms with Crippen molar-refractivity contribution in [1.29, 1.82) is 0 Å². The average Bonchev–Trinajstić information content (AvgIpc) is 3.59. The third kappa shape index (κ3) is 6.58. The summed E-state index contributed by atoms with van der Waals surface area (Å²) in [7, 11) is -2.33.